The molecule has 1 heterocycles. The second-order valence-electron chi connectivity index (χ2n) is 2.58. The van der Waals surface area contributed by atoms with Gasteiger partial charge in [0.05, 0.1) is 5.92 Å². The number of carbonyl (C=O) groups excluding carboxylic acids is 1. The molecule has 0 saturated carbocycles. The first-order chi connectivity index (χ1) is 4.66. The molecule has 10 heavy (non-hydrogen) atoms. The van der Waals surface area contributed by atoms with Crippen LogP contribution in [0.2, 0.25) is 0 Å². The van der Waals surface area contributed by atoms with E-state index >= 15 is 0 Å². The first-order valence-electron chi connectivity index (χ1n) is 3.58. The van der Waals surface area contributed by atoms with E-state index in [1.54, 1.807) is 0 Å². The van der Waals surface area contributed by atoms with Gasteiger partial charge in [-0.25, -0.2) is 0 Å². The molecule has 56 valence electrons. The molecular weight excluding hydrogens is 128 g/mol. The van der Waals surface area contributed by atoms with Crippen molar-refractivity contribution in [1.29, 1.82) is 0 Å². The van der Waals surface area contributed by atoms with Gasteiger partial charge in [-0.1, -0.05) is 6.92 Å². The molecule has 0 aromatic rings. The number of cyclic esters (lactones) is 1. The molecule has 0 radical (unpaired) electrons. The number of hydrogen-bond acceptors (Lipinski definition) is 2. The summed E-state index contributed by atoms with van der Waals surface area (Å²) in [6.45, 7) is 5.77. The lowest BCUT2D eigenvalue weighted by Crippen LogP contribution is -2.06. The molecule has 0 fully saturated rings. The molecule has 0 aromatic heterocycles. The SMILES string of the molecule is CCC1=C(C)OC(=O)[C@@H]1C. The largest absolute Gasteiger partial charge is 0.431 e. The fraction of sp³-hybridized carbons (Fsp3) is 0.625. The van der Waals surface area contributed by atoms with Gasteiger partial charge in [-0.15, -0.1) is 0 Å². The van der Waals surface area contributed by atoms with E-state index in [0.717, 1.165) is 17.8 Å². The van der Waals surface area contributed by atoms with Crippen molar-refractivity contribution >= 4 is 5.97 Å². The minimum absolute atomic E-state index is 0.00926. The molecule has 0 saturated heterocycles. The Balaban J connectivity index is 2.84. The summed E-state index contributed by atoms with van der Waals surface area (Å²) in [5.74, 6) is 0.694. The lowest BCUT2D eigenvalue weighted by Gasteiger charge is -1.98. The number of rotatable bonds is 1. The summed E-state index contributed by atoms with van der Waals surface area (Å²) < 4.78 is 4.92. The van der Waals surface area contributed by atoms with Crippen molar-refractivity contribution < 1.29 is 9.53 Å². The molecule has 1 atom stereocenters. The van der Waals surface area contributed by atoms with Crippen LogP contribution in [0.3, 0.4) is 0 Å². The normalized spacial score (nSPS) is 25.5. The minimum Gasteiger partial charge on any atom is -0.431 e. The third-order valence-corrected chi connectivity index (χ3v) is 1.96. The molecule has 1 rings (SSSR count). The van der Waals surface area contributed by atoms with Crippen molar-refractivity contribution in [2.75, 3.05) is 0 Å². The van der Waals surface area contributed by atoms with Crippen LogP contribution < -0.4 is 0 Å². The Bertz CT molecular complexity index is 191. The highest BCUT2D eigenvalue weighted by molar-refractivity contribution is 5.79. The van der Waals surface area contributed by atoms with Gasteiger partial charge in [0.1, 0.15) is 5.76 Å². The first kappa shape index (κ1) is 7.32. The highest BCUT2D eigenvalue weighted by Crippen LogP contribution is 2.27. The van der Waals surface area contributed by atoms with E-state index in [9.17, 15) is 4.79 Å². The smallest absolute Gasteiger partial charge is 0.317 e. The van der Waals surface area contributed by atoms with Crippen molar-refractivity contribution in [2.24, 2.45) is 5.92 Å². The number of carbonyl (C=O) groups is 1. The summed E-state index contributed by atoms with van der Waals surface area (Å²) in [5.41, 5.74) is 1.14. The fourth-order valence-corrected chi connectivity index (χ4v) is 1.31. The molecule has 2 nitrogen and oxygen atoms in total. The van der Waals surface area contributed by atoms with E-state index in [2.05, 4.69) is 0 Å². The number of ether oxygens (including phenoxy) is 1. The van der Waals surface area contributed by atoms with Gasteiger partial charge in [-0.05, 0) is 25.8 Å². The van der Waals surface area contributed by atoms with Crippen molar-refractivity contribution in [3.8, 4) is 0 Å². The van der Waals surface area contributed by atoms with Gasteiger partial charge in [0.2, 0.25) is 0 Å². The Morgan fingerprint density at radius 3 is 2.40 bits per heavy atom. The van der Waals surface area contributed by atoms with Gasteiger partial charge in [-0.3, -0.25) is 4.79 Å². The van der Waals surface area contributed by atoms with Crippen LogP contribution in [-0.4, -0.2) is 5.97 Å². The van der Waals surface area contributed by atoms with E-state index in [1.165, 1.54) is 0 Å². The van der Waals surface area contributed by atoms with E-state index in [-0.39, 0.29) is 11.9 Å². The van der Waals surface area contributed by atoms with Crippen molar-refractivity contribution in [3.05, 3.63) is 11.3 Å². The molecule has 0 aromatic carbocycles. The van der Waals surface area contributed by atoms with Crippen LogP contribution in [-0.2, 0) is 9.53 Å². The Labute approximate surface area is 60.9 Å². The van der Waals surface area contributed by atoms with Crippen LogP contribution in [0.1, 0.15) is 27.2 Å². The fourth-order valence-electron chi connectivity index (χ4n) is 1.31. The van der Waals surface area contributed by atoms with Crippen LogP contribution in [0.4, 0.5) is 0 Å². The summed E-state index contributed by atoms with van der Waals surface area (Å²) in [6, 6.07) is 0. The molecule has 2 heteroatoms. The van der Waals surface area contributed by atoms with Crippen LogP contribution in [0.5, 0.6) is 0 Å². The average molecular weight is 140 g/mol. The molecule has 1 aliphatic rings. The number of allylic oxidation sites excluding steroid dienone is 1. The summed E-state index contributed by atoms with van der Waals surface area (Å²) >= 11 is 0. The van der Waals surface area contributed by atoms with E-state index < -0.39 is 0 Å². The quantitative estimate of drug-likeness (QED) is 0.520. The zero-order chi connectivity index (χ0) is 7.72. The predicted molar refractivity (Wildman–Crippen MR) is 38.2 cm³/mol. The molecule has 1 aliphatic heterocycles. The summed E-state index contributed by atoms with van der Waals surface area (Å²) in [7, 11) is 0. The summed E-state index contributed by atoms with van der Waals surface area (Å²) in [5, 5.41) is 0. The number of esters is 1. The second kappa shape index (κ2) is 2.45. The van der Waals surface area contributed by atoms with E-state index in [0.29, 0.717) is 0 Å². The van der Waals surface area contributed by atoms with Crippen LogP contribution in [0.15, 0.2) is 11.3 Å². The van der Waals surface area contributed by atoms with E-state index in [4.69, 9.17) is 4.74 Å². The average Bonchev–Trinajstić information content (AvgIpc) is 2.09. The molecule has 0 bridgehead atoms. The third kappa shape index (κ3) is 0.939. The Morgan fingerprint density at radius 1 is 1.60 bits per heavy atom. The van der Waals surface area contributed by atoms with Crippen molar-refractivity contribution in [2.45, 2.75) is 27.2 Å². The maximum Gasteiger partial charge on any atom is 0.317 e. The molecule has 0 N–H and O–H groups in total. The topological polar surface area (TPSA) is 26.3 Å². The highest BCUT2D eigenvalue weighted by Gasteiger charge is 2.27. The monoisotopic (exact) mass is 140 g/mol. The molecule has 0 spiro atoms. The van der Waals surface area contributed by atoms with Gasteiger partial charge in [0.25, 0.3) is 0 Å². The van der Waals surface area contributed by atoms with Gasteiger partial charge in [-0.2, -0.15) is 0 Å². The minimum atomic E-state index is -0.102. The van der Waals surface area contributed by atoms with Gasteiger partial charge in [0.15, 0.2) is 0 Å². The van der Waals surface area contributed by atoms with Crippen LogP contribution in [0.25, 0.3) is 0 Å². The van der Waals surface area contributed by atoms with Gasteiger partial charge in [0, 0.05) is 0 Å². The second-order valence-corrected chi connectivity index (χ2v) is 2.58. The predicted octanol–water partition coefficient (Wildman–Crippen LogP) is 1.86. The molecule has 0 aliphatic carbocycles. The molecule has 0 unspecified atom stereocenters. The van der Waals surface area contributed by atoms with Crippen molar-refractivity contribution in [1.82, 2.24) is 0 Å². The first-order valence-corrected chi connectivity index (χ1v) is 3.58. The van der Waals surface area contributed by atoms with E-state index in [1.807, 2.05) is 20.8 Å². The third-order valence-electron chi connectivity index (χ3n) is 1.96. The molecular formula is C8H12O2. The van der Waals surface area contributed by atoms with Crippen LogP contribution in [0, 0.1) is 5.92 Å². The van der Waals surface area contributed by atoms with Gasteiger partial charge >= 0.3 is 5.97 Å². The molecule has 0 amide bonds. The highest BCUT2D eigenvalue weighted by atomic mass is 16.5. The summed E-state index contributed by atoms with van der Waals surface area (Å²) in [4.78, 5) is 10.9. The zero-order valence-electron chi connectivity index (χ0n) is 6.60. The Kier molecular flexibility index (Phi) is 1.79. The standard InChI is InChI=1S/C8H12O2/c1-4-7-5(2)8(9)10-6(7)3/h5H,4H2,1-3H3/t5-/m1/s1. The Hall–Kier alpha value is -0.790. The lowest BCUT2D eigenvalue weighted by atomic mass is 10.0. The van der Waals surface area contributed by atoms with Gasteiger partial charge < -0.3 is 4.74 Å². The van der Waals surface area contributed by atoms with Crippen LogP contribution >= 0.6 is 0 Å². The Morgan fingerprint density at radius 2 is 2.20 bits per heavy atom. The maximum atomic E-state index is 10.9. The maximum absolute atomic E-state index is 10.9. The lowest BCUT2D eigenvalue weighted by molar-refractivity contribution is -0.139. The zero-order valence-corrected chi connectivity index (χ0v) is 6.60. The number of hydrogen-bond donors (Lipinski definition) is 0. The summed E-state index contributed by atoms with van der Waals surface area (Å²) in [6.07, 6.45) is 0.915. The van der Waals surface area contributed by atoms with Crippen molar-refractivity contribution in [3.63, 3.8) is 0 Å².